The zero-order valence-electron chi connectivity index (χ0n) is 16.8. The zero-order valence-corrected chi connectivity index (χ0v) is 16.8. The highest BCUT2D eigenvalue weighted by molar-refractivity contribution is 6.63. The second kappa shape index (κ2) is 6.15. The number of nitrogens with zero attached hydrogens (tertiary/aromatic N) is 4. The Balaban J connectivity index is 1.97. The summed E-state index contributed by atoms with van der Waals surface area (Å²) in [5.41, 5.74) is 5.62. The quantitative estimate of drug-likeness (QED) is 0.623. The lowest BCUT2D eigenvalue weighted by Gasteiger charge is -2.35. The lowest BCUT2D eigenvalue weighted by molar-refractivity contribution is 0.415. The second-order valence-electron chi connectivity index (χ2n) is 8.19. The van der Waals surface area contributed by atoms with Crippen molar-refractivity contribution in [2.24, 2.45) is 0 Å². The Kier molecular flexibility index (Phi) is 4.02. The van der Waals surface area contributed by atoms with E-state index in [1.54, 1.807) is 7.11 Å². The van der Waals surface area contributed by atoms with Crippen molar-refractivity contribution in [3.63, 3.8) is 0 Å². The molecule has 0 N–H and O–H groups in total. The highest BCUT2D eigenvalue weighted by Gasteiger charge is 2.36. The molecule has 0 fully saturated rings. The highest BCUT2D eigenvalue weighted by Crippen LogP contribution is 2.43. The number of hydrogen-bond acceptors (Lipinski definition) is 4. The molecule has 0 spiro atoms. The molecule has 1 aliphatic heterocycles. The molecule has 3 heterocycles. The van der Waals surface area contributed by atoms with Crippen LogP contribution >= 0.6 is 0 Å². The maximum Gasteiger partial charge on any atom is 0.401 e. The summed E-state index contributed by atoms with van der Waals surface area (Å²) in [5.74, 6) is 1.75. The first-order chi connectivity index (χ1) is 12.8. The smallest absolute Gasteiger partial charge is 0.401 e. The lowest BCUT2D eigenvalue weighted by atomic mass is 9.73. The molecule has 0 aliphatic carbocycles. The Morgan fingerprint density at radius 2 is 1.85 bits per heavy atom. The Morgan fingerprint density at radius 3 is 2.52 bits per heavy atom. The van der Waals surface area contributed by atoms with Crippen LogP contribution in [0.3, 0.4) is 0 Å². The van der Waals surface area contributed by atoms with E-state index in [-0.39, 0.29) is 12.4 Å². The summed E-state index contributed by atoms with van der Waals surface area (Å²) >= 11 is 0. The minimum Gasteiger partial charge on any atom is -0.497 e. The predicted octanol–water partition coefficient (Wildman–Crippen LogP) is 4.68. The number of methoxy groups -OCH3 is 1. The molecule has 2 aromatic heterocycles. The first-order valence-corrected chi connectivity index (χ1v) is 9.30. The van der Waals surface area contributed by atoms with E-state index in [4.69, 9.17) is 9.84 Å². The van der Waals surface area contributed by atoms with Crippen molar-refractivity contribution in [3.05, 3.63) is 53.9 Å². The van der Waals surface area contributed by atoms with Gasteiger partial charge < -0.3 is 9.55 Å². The molecule has 0 atom stereocenters. The van der Waals surface area contributed by atoms with Gasteiger partial charge in [0.05, 0.1) is 18.5 Å². The molecule has 3 aromatic rings. The van der Waals surface area contributed by atoms with Gasteiger partial charge in [-0.2, -0.15) is 5.10 Å². The monoisotopic (exact) mass is 360 g/mol. The van der Waals surface area contributed by atoms with Gasteiger partial charge in [-0.25, -0.2) is 4.98 Å². The van der Waals surface area contributed by atoms with Crippen LogP contribution in [0.2, 0.25) is 6.82 Å². The SMILES string of the molecule is COc1ccc2c(c1)N(c1cc(C)ccn1)B(C)n1nc(C(C)(C)C)cc1-2. The Bertz CT molecular complexity index is 1010. The first kappa shape index (κ1) is 17.6. The molecule has 138 valence electrons. The maximum absolute atomic E-state index is 5.50. The summed E-state index contributed by atoms with van der Waals surface area (Å²) in [5, 5.41) is 4.96. The summed E-state index contributed by atoms with van der Waals surface area (Å²) in [4.78, 5) is 6.87. The van der Waals surface area contributed by atoms with E-state index in [1.165, 1.54) is 5.56 Å². The fourth-order valence-electron chi connectivity index (χ4n) is 3.58. The van der Waals surface area contributed by atoms with E-state index in [2.05, 4.69) is 73.2 Å². The molecule has 0 bridgehead atoms. The van der Waals surface area contributed by atoms with Crippen molar-refractivity contribution in [3.8, 4) is 17.0 Å². The molecule has 4 rings (SSSR count). The average Bonchev–Trinajstić information content (AvgIpc) is 3.08. The molecule has 0 saturated heterocycles. The van der Waals surface area contributed by atoms with Gasteiger partial charge in [-0.1, -0.05) is 20.8 Å². The summed E-state index contributed by atoms with van der Waals surface area (Å²) in [6.07, 6.45) is 1.86. The van der Waals surface area contributed by atoms with Crippen LogP contribution in [-0.2, 0) is 5.41 Å². The third-order valence-corrected chi connectivity index (χ3v) is 5.12. The number of hydrogen-bond donors (Lipinski definition) is 0. The molecule has 0 saturated carbocycles. The molecule has 0 radical (unpaired) electrons. The van der Waals surface area contributed by atoms with E-state index in [1.807, 2.05) is 18.3 Å². The molecule has 5 nitrogen and oxygen atoms in total. The minimum absolute atomic E-state index is 0.00464. The fourth-order valence-corrected chi connectivity index (χ4v) is 3.58. The van der Waals surface area contributed by atoms with Gasteiger partial charge in [0.25, 0.3) is 0 Å². The molecule has 1 aromatic carbocycles. The molecule has 0 unspecified atom stereocenters. The van der Waals surface area contributed by atoms with Gasteiger partial charge in [-0.05, 0) is 49.6 Å². The molecule has 0 amide bonds. The molecular weight excluding hydrogens is 335 g/mol. The molecule has 1 aliphatic rings. The first-order valence-electron chi connectivity index (χ1n) is 9.30. The van der Waals surface area contributed by atoms with Crippen molar-refractivity contribution < 1.29 is 4.74 Å². The van der Waals surface area contributed by atoms with Gasteiger partial charge in [0, 0.05) is 28.9 Å². The van der Waals surface area contributed by atoms with Crippen LogP contribution in [0.25, 0.3) is 11.3 Å². The van der Waals surface area contributed by atoms with E-state index in [9.17, 15) is 0 Å². The summed E-state index contributed by atoms with van der Waals surface area (Å²) in [6, 6.07) is 12.5. The Hall–Kier alpha value is -2.76. The lowest BCUT2D eigenvalue weighted by Crippen LogP contribution is -2.44. The number of aromatic nitrogens is 3. The van der Waals surface area contributed by atoms with E-state index in [0.29, 0.717) is 0 Å². The molecule has 6 heteroatoms. The average molecular weight is 360 g/mol. The summed E-state index contributed by atoms with van der Waals surface area (Å²) < 4.78 is 7.61. The normalized spacial score (nSPS) is 13.4. The number of anilines is 2. The zero-order chi connectivity index (χ0) is 19.3. The predicted molar refractivity (Wildman–Crippen MR) is 111 cm³/mol. The number of pyridine rings is 1. The third kappa shape index (κ3) is 2.89. The van der Waals surface area contributed by atoms with E-state index < -0.39 is 0 Å². The van der Waals surface area contributed by atoms with Crippen LogP contribution in [0, 0.1) is 6.92 Å². The summed E-state index contributed by atoms with van der Waals surface area (Å²) in [7, 11) is 1.70. The van der Waals surface area contributed by atoms with Crippen LogP contribution in [-0.4, -0.2) is 28.8 Å². The topological polar surface area (TPSA) is 43.2 Å². The molecular formula is C21H25BN4O. The van der Waals surface area contributed by atoms with Gasteiger partial charge in [-0.15, -0.1) is 0 Å². The third-order valence-electron chi connectivity index (χ3n) is 5.12. The number of ether oxygens (including phenoxy) is 1. The van der Waals surface area contributed by atoms with E-state index >= 15 is 0 Å². The van der Waals surface area contributed by atoms with Crippen LogP contribution in [0.1, 0.15) is 32.0 Å². The largest absolute Gasteiger partial charge is 0.497 e. The van der Waals surface area contributed by atoms with Gasteiger partial charge in [0.1, 0.15) is 11.6 Å². The van der Waals surface area contributed by atoms with Crippen molar-refractivity contribution in [1.82, 2.24) is 14.7 Å². The van der Waals surface area contributed by atoms with Gasteiger partial charge in [0.15, 0.2) is 0 Å². The summed E-state index contributed by atoms with van der Waals surface area (Å²) in [6.45, 7) is 10.8. The van der Waals surface area contributed by atoms with Crippen molar-refractivity contribution in [2.45, 2.75) is 39.9 Å². The standard InChI is InChI=1S/C21H25BN4O/c1-14-9-10-23-20(11-14)25-17-12-15(27-6)7-8-16(17)18-13-19(21(2,3)4)24-26(18)22(25)5/h7-13H,1-6H3. The Labute approximate surface area is 161 Å². The van der Waals surface area contributed by atoms with Crippen LogP contribution in [0.15, 0.2) is 42.6 Å². The highest BCUT2D eigenvalue weighted by atomic mass is 16.5. The van der Waals surface area contributed by atoms with Crippen LogP contribution in [0.4, 0.5) is 11.5 Å². The number of fused-ring (bicyclic) bond motifs is 3. The number of rotatable bonds is 2. The van der Waals surface area contributed by atoms with Gasteiger partial charge in [0.2, 0.25) is 0 Å². The van der Waals surface area contributed by atoms with Crippen molar-refractivity contribution >= 4 is 18.5 Å². The minimum atomic E-state index is -0.0108. The van der Waals surface area contributed by atoms with Crippen LogP contribution in [0.5, 0.6) is 5.75 Å². The van der Waals surface area contributed by atoms with Gasteiger partial charge in [-0.3, -0.25) is 4.59 Å². The Morgan fingerprint density at radius 1 is 1.07 bits per heavy atom. The number of benzene rings is 1. The van der Waals surface area contributed by atoms with Crippen molar-refractivity contribution in [1.29, 1.82) is 0 Å². The fraction of sp³-hybridized carbons (Fsp3) is 0.333. The maximum atomic E-state index is 5.50. The number of aryl methyl sites for hydroxylation is 1. The second-order valence-corrected chi connectivity index (χ2v) is 8.19. The van der Waals surface area contributed by atoms with Crippen molar-refractivity contribution in [2.75, 3.05) is 11.9 Å². The van der Waals surface area contributed by atoms with Crippen LogP contribution < -0.4 is 9.55 Å². The van der Waals surface area contributed by atoms with Gasteiger partial charge >= 0.3 is 6.98 Å². The van der Waals surface area contributed by atoms with E-state index in [0.717, 1.165) is 34.2 Å². The molecule has 27 heavy (non-hydrogen) atoms.